The highest BCUT2D eigenvalue weighted by Gasteiger charge is 2.23. The van der Waals surface area contributed by atoms with E-state index in [1.807, 2.05) is 6.92 Å². The number of ether oxygens (including phenoxy) is 1. The number of nitrogens with zero attached hydrogens (tertiary/aromatic N) is 2. The summed E-state index contributed by atoms with van der Waals surface area (Å²) in [6.45, 7) is 4.02. The van der Waals surface area contributed by atoms with Gasteiger partial charge in [-0.25, -0.2) is 4.98 Å². The van der Waals surface area contributed by atoms with Gasteiger partial charge in [-0.1, -0.05) is 18.2 Å². The quantitative estimate of drug-likeness (QED) is 0.550. The van der Waals surface area contributed by atoms with Crippen molar-refractivity contribution in [1.82, 2.24) is 9.88 Å². The first-order valence-electron chi connectivity index (χ1n) is 10.8. The van der Waals surface area contributed by atoms with Gasteiger partial charge in [0.1, 0.15) is 11.3 Å². The monoisotopic (exact) mass is 460 g/mol. The summed E-state index contributed by atoms with van der Waals surface area (Å²) in [6, 6.07) is 12.9. The molecule has 1 heterocycles. The molecule has 0 spiro atoms. The Labute approximate surface area is 190 Å². The Morgan fingerprint density at radius 1 is 1.28 bits per heavy atom. The first-order chi connectivity index (χ1) is 15.1. The van der Waals surface area contributed by atoms with Crippen molar-refractivity contribution >= 4 is 21.2 Å². The van der Waals surface area contributed by atoms with E-state index in [0.29, 0.717) is 12.2 Å². The highest BCUT2D eigenvalue weighted by Crippen LogP contribution is 2.36. The maximum atomic E-state index is 9.19. The molecule has 0 unspecified atom stereocenters. The van der Waals surface area contributed by atoms with Gasteiger partial charge in [0.2, 0.25) is 0 Å². The summed E-state index contributed by atoms with van der Waals surface area (Å²) >= 11 is 0. The Morgan fingerprint density at radius 3 is 2.75 bits per heavy atom. The fourth-order valence-corrected chi connectivity index (χ4v) is 4.32. The summed E-state index contributed by atoms with van der Waals surface area (Å²) in [6.07, 6.45) is 5.37. The fourth-order valence-electron chi connectivity index (χ4n) is 4.32. The van der Waals surface area contributed by atoms with Gasteiger partial charge in [0.05, 0.1) is 13.4 Å². The third-order valence-electron chi connectivity index (χ3n) is 5.68. The largest absolute Gasteiger partial charge is 0.496 e. The Bertz CT molecular complexity index is 1150. The molecular weight excluding hydrogens is 428 g/mol. The van der Waals surface area contributed by atoms with Gasteiger partial charge in [-0.2, -0.15) is 8.42 Å². The van der Waals surface area contributed by atoms with Crippen LogP contribution in [0, 0.1) is 6.92 Å². The minimum Gasteiger partial charge on any atom is -0.496 e. The SMILES string of the molecule is COc1cccc2c1CCC[C@H]2CN(C)CCc1ccc2nc(C)oc2c1.CS(=O)(=O)O. The van der Waals surface area contributed by atoms with Crippen LogP contribution >= 0.6 is 0 Å². The van der Waals surface area contributed by atoms with Crippen molar-refractivity contribution < 1.29 is 22.1 Å². The number of hydrogen-bond acceptors (Lipinski definition) is 6. The van der Waals surface area contributed by atoms with Crippen molar-refractivity contribution in [2.24, 2.45) is 0 Å². The lowest BCUT2D eigenvalue weighted by Gasteiger charge is -2.30. The van der Waals surface area contributed by atoms with E-state index in [4.69, 9.17) is 13.7 Å². The molecule has 1 N–H and O–H groups in total. The molecule has 3 aromatic rings. The number of likely N-dealkylation sites (N-methyl/N-ethyl adjacent to an activating group) is 1. The van der Waals surface area contributed by atoms with E-state index >= 15 is 0 Å². The topological polar surface area (TPSA) is 92.9 Å². The van der Waals surface area contributed by atoms with E-state index in [0.717, 1.165) is 48.7 Å². The number of aryl methyl sites for hydroxylation is 1. The molecule has 0 bridgehead atoms. The van der Waals surface area contributed by atoms with Gasteiger partial charge < -0.3 is 14.1 Å². The van der Waals surface area contributed by atoms with Crippen molar-refractivity contribution in [3.8, 4) is 5.75 Å². The lowest BCUT2D eigenvalue weighted by Crippen LogP contribution is -2.28. The van der Waals surface area contributed by atoms with Crippen molar-refractivity contribution in [2.45, 2.75) is 38.5 Å². The summed E-state index contributed by atoms with van der Waals surface area (Å²) in [4.78, 5) is 6.83. The highest BCUT2D eigenvalue weighted by atomic mass is 32.2. The molecule has 0 aliphatic heterocycles. The third-order valence-corrected chi connectivity index (χ3v) is 5.68. The third kappa shape index (κ3) is 6.79. The zero-order chi connectivity index (χ0) is 23.3. The van der Waals surface area contributed by atoms with Crippen LogP contribution < -0.4 is 4.74 Å². The molecule has 174 valence electrons. The fraction of sp³-hybridized carbons (Fsp3) is 0.458. The van der Waals surface area contributed by atoms with Crippen LogP contribution in [0.25, 0.3) is 11.1 Å². The molecule has 8 heteroatoms. The van der Waals surface area contributed by atoms with Gasteiger partial charge in [0.25, 0.3) is 10.1 Å². The molecule has 7 nitrogen and oxygen atoms in total. The Hall–Kier alpha value is -2.42. The van der Waals surface area contributed by atoms with Crippen molar-refractivity contribution in [2.75, 3.05) is 33.5 Å². The molecule has 32 heavy (non-hydrogen) atoms. The van der Waals surface area contributed by atoms with Crippen molar-refractivity contribution in [3.63, 3.8) is 0 Å². The Kier molecular flexibility index (Phi) is 7.92. The smallest absolute Gasteiger partial charge is 0.261 e. The molecule has 2 aromatic carbocycles. The van der Waals surface area contributed by atoms with E-state index in [1.165, 1.54) is 29.5 Å². The van der Waals surface area contributed by atoms with Crippen LogP contribution in [-0.4, -0.2) is 56.4 Å². The van der Waals surface area contributed by atoms with Crippen LogP contribution in [0.2, 0.25) is 0 Å². The lowest BCUT2D eigenvalue weighted by molar-refractivity contribution is 0.299. The van der Waals surface area contributed by atoms with E-state index < -0.39 is 10.1 Å². The maximum absolute atomic E-state index is 9.19. The molecule has 1 aromatic heterocycles. The van der Waals surface area contributed by atoms with Gasteiger partial charge in [-0.05, 0) is 73.5 Å². The predicted octanol–water partition coefficient (Wildman–Crippen LogP) is 4.24. The van der Waals surface area contributed by atoms with Crippen molar-refractivity contribution in [1.29, 1.82) is 0 Å². The molecular formula is C24H32N2O5S. The molecule has 0 saturated heterocycles. The number of benzene rings is 2. The summed E-state index contributed by atoms with van der Waals surface area (Å²) in [5.41, 5.74) is 6.02. The van der Waals surface area contributed by atoms with E-state index in [9.17, 15) is 8.42 Å². The number of fused-ring (bicyclic) bond motifs is 2. The summed E-state index contributed by atoms with van der Waals surface area (Å²) in [5.74, 6) is 2.37. The summed E-state index contributed by atoms with van der Waals surface area (Å²) < 4.78 is 37.1. The summed E-state index contributed by atoms with van der Waals surface area (Å²) in [5, 5.41) is 0. The molecule has 4 rings (SSSR count). The first-order valence-corrected chi connectivity index (χ1v) is 12.6. The number of methoxy groups -OCH3 is 1. The second-order valence-corrected chi connectivity index (χ2v) is 9.86. The van der Waals surface area contributed by atoms with E-state index in [1.54, 1.807) is 7.11 Å². The molecule has 0 radical (unpaired) electrons. The average Bonchev–Trinajstić information content (AvgIpc) is 3.10. The predicted molar refractivity (Wildman–Crippen MR) is 126 cm³/mol. The van der Waals surface area contributed by atoms with Crippen molar-refractivity contribution in [3.05, 3.63) is 59.0 Å². The van der Waals surface area contributed by atoms with E-state index in [-0.39, 0.29) is 0 Å². The van der Waals surface area contributed by atoms with Crippen LogP contribution in [-0.2, 0) is 23.0 Å². The Balaban J connectivity index is 0.000000523. The molecule has 0 fully saturated rings. The zero-order valence-corrected chi connectivity index (χ0v) is 20.0. The molecule has 1 aliphatic rings. The second-order valence-electron chi connectivity index (χ2n) is 8.40. The van der Waals surface area contributed by atoms with E-state index in [2.05, 4.69) is 53.3 Å². The maximum Gasteiger partial charge on any atom is 0.261 e. The minimum atomic E-state index is -3.67. The average molecular weight is 461 g/mol. The van der Waals surface area contributed by atoms with Crippen LogP contribution in [0.15, 0.2) is 40.8 Å². The van der Waals surface area contributed by atoms with Gasteiger partial charge in [0.15, 0.2) is 11.5 Å². The van der Waals surface area contributed by atoms with Crippen LogP contribution in [0.1, 0.15) is 41.3 Å². The van der Waals surface area contributed by atoms with Crippen LogP contribution in [0.3, 0.4) is 0 Å². The van der Waals surface area contributed by atoms with Gasteiger partial charge in [0, 0.05) is 20.0 Å². The number of oxazole rings is 1. The number of aromatic nitrogens is 1. The van der Waals surface area contributed by atoms with Gasteiger partial charge >= 0.3 is 0 Å². The summed E-state index contributed by atoms with van der Waals surface area (Å²) in [7, 11) is 0.337. The number of rotatable bonds is 6. The van der Waals surface area contributed by atoms with Gasteiger partial charge in [-0.15, -0.1) is 0 Å². The second kappa shape index (κ2) is 10.5. The Morgan fingerprint density at radius 2 is 2.03 bits per heavy atom. The lowest BCUT2D eigenvalue weighted by atomic mass is 9.82. The molecule has 1 atom stereocenters. The zero-order valence-electron chi connectivity index (χ0n) is 19.2. The first kappa shape index (κ1) is 24.2. The molecule has 1 aliphatic carbocycles. The number of hydrogen-bond donors (Lipinski definition) is 1. The van der Waals surface area contributed by atoms with Gasteiger partial charge in [-0.3, -0.25) is 4.55 Å². The standard InChI is InChI=1S/C23H28N2O2.CH4O3S/c1-16-24-21-11-10-17(14-23(21)27-16)12-13-25(2)15-18-6-4-8-20-19(18)7-5-9-22(20)26-3;1-5(2,3)4/h5,7,9-11,14,18H,4,6,8,12-13,15H2,1-3H3;1H3,(H,2,3,4)/t18-;/m0./s1. The van der Waals surface area contributed by atoms with Crippen LogP contribution in [0.4, 0.5) is 0 Å². The normalized spacial score (nSPS) is 15.9. The minimum absolute atomic E-state index is 0.591. The van der Waals surface area contributed by atoms with Crippen LogP contribution in [0.5, 0.6) is 5.75 Å². The molecule has 0 saturated carbocycles. The molecule has 0 amide bonds. The highest BCUT2D eigenvalue weighted by molar-refractivity contribution is 7.85.